The van der Waals surface area contributed by atoms with Gasteiger partial charge in [0, 0.05) is 25.2 Å². The lowest BCUT2D eigenvalue weighted by molar-refractivity contribution is 0.237. The van der Waals surface area contributed by atoms with Crippen LogP contribution in [0.15, 0.2) is 12.1 Å². The van der Waals surface area contributed by atoms with Crippen molar-refractivity contribution in [1.82, 2.24) is 4.90 Å². The lowest BCUT2D eigenvalue weighted by atomic mass is 10.1. The number of hydrogen-bond donors (Lipinski definition) is 2. The molecule has 1 aromatic rings. The number of nitrogens with zero attached hydrogens (tertiary/aromatic N) is 1. The predicted molar refractivity (Wildman–Crippen MR) is 85.4 cm³/mol. The van der Waals surface area contributed by atoms with Crippen LogP contribution in [0.25, 0.3) is 0 Å². The molecule has 0 aliphatic carbocycles. The van der Waals surface area contributed by atoms with E-state index in [2.05, 4.69) is 10.2 Å². The second-order valence-electron chi connectivity index (χ2n) is 5.55. The Kier molecular flexibility index (Phi) is 6.11. The van der Waals surface area contributed by atoms with Crippen molar-refractivity contribution in [1.29, 1.82) is 0 Å². The number of likely N-dealkylation sites (tertiary alicyclic amines) is 1. The van der Waals surface area contributed by atoms with Crippen LogP contribution in [0.5, 0.6) is 5.75 Å². The molecule has 21 heavy (non-hydrogen) atoms. The molecule has 5 heteroatoms. The molecular formula is C16H26FN3O. The maximum atomic E-state index is 13.7. The number of nitrogens with one attached hydrogen (secondary N) is 1. The molecule has 1 aliphatic heterocycles. The van der Waals surface area contributed by atoms with E-state index in [-0.39, 0.29) is 5.75 Å². The minimum atomic E-state index is -0.400. The third-order valence-corrected chi connectivity index (χ3v) is 3.76. The van der Waals surface area contributed by atoms with Crippen molar-refractivity contribution in [3.63, 3.8) is 0 Å². The van der Waals surface area contributed by atoms with Gasteiger partial charge in [-0.2, -0.15) is 0 Å². The predicted octanol–water partition coefficient (Wildman–Crippen LogP) is 3.09. The second-order valence-corrected chi connectivity index (χ2v) is 5.55. The summed E-state index contributed by atoms with van der Waals surface area (Å²) in [5, 5.41) is 3.29. The van der Waals surface area contributed by atoms with Gasteiger partial charge in [0.15, 0.2) is 11.6 Å². The van der Waals surface area contributed by atoms with Gasteiger partial charge in [-0.05, 0) is 32.4 Å². The molecule has 0 amide bonds. The van der Waals surface area contributed by atoms with E-state index in [1.165, 1.54) is 38.4 Å². The highest BCUT2D eigenvalue weighted by molar-refractivity contribution is 5.68. The molecule has 1 aliphatic rings. The first-order valence-corrected chi connectivity index (χ1v) is 7.88. The zero-order chi connectivity index (χ0) is 15.1. The minimum absolute atomic E-state index is 0.270. The third kappa shape index (κ3) is 4.77. The van der Waals surface area contributed by atoms with Crippen LogP contribution < -0.4 is 15.8 Å². The smallest absolute Gasteiger partial charge is 0.167 e. The summed E-state index contributed by atoms with van der Waals surface area (Å²) >= 11 is 0. The van der Waals surface area contributed by atoms with Gasteiger partial charge in [-0.1, -0.05) is 13.3 Å². The van der Waals surface area contributed by atoms with E-state index in [0.717, 1.165) is 25.2 Å². The molecule has 0 unspecified atom stereocenters. The summed E-state index contributed by atoms with van der Waals surface area (Å²) in [6.07, 6.45) is 4.76. The molecule has 118 valence electrons. The summed E-state index contributed by atoms with van der Waals surface area (Å²) in [4.78, 5) is 2.45. The molecule has 1 heterocycles. The molecule has 4 nitrogen and oxygen atoms in total. The molecule has 1 saturated heterocycles. The Labute approximate surface area is 126 Å². The number of piperidine rings is 1. The molecule has 0 saturated carbocycles. The van der Waals surface area contributed by atoms with E-state index in [4.69, 9.17) is 10.5 Å². The van der Waals surface area contributed by atoms with E-state index in [9.17, 15) is 4.39 Å². The zero-order valence-corrected chi connectivity index (χ0v) is 12.8. The highest BCUT2D eigenvalue weighted by atomic mass is 19.1. The van der Waals surface area contributed by atoms with E-state index in [1.54, 1.807) is 6.07 Å². The highest BCUT2D eigenvalue weighted by Gasteiger charge is 2.11. The molecule has 1 aromatic carbocycles. The summed E-state index contributed by atoms with van der Waals surface area (Å²) < 4.78 is 19.1. The van der Waals surface area contributed by atoms with Gasteiger partial charge in [0.25, 0.3) is 0 Å². The molecular weight excluding hydrogens is 269 g/mol. The van der Waals surface area contributed by atoms with Crippen LogP contribution in [0, 0.1) is 5.82 Å². The van der Waals surface area contributed by atoms with E-state index < -0.39 is 5.82 Å². The number of benzene rings is 1. The first-order valence-electron chi connectivity index (χ1n) is 7.88. The van der Waals surface area contributed by atoms with Gasteiger partial charge in [0.05, 0.1) is 18.0 Å². The minimum Gasteiger partial charge on any atom is -0.490 e. The molecule has 2 rings (SSSR count). The van der Waals surface area contributed by atoms with Crippen molar-refractivity contribution < 1.29 is 9.13 Å². The zero-order valence-electron chi connectivity index (χ0n) is 12.8. The number of rotatable bonds is 7. The van der Waals surface area contributed by atoms with Gasteiger partial charge in [-0.25, -0.2) is 4.39 Å². The van der Waals surface area contributed by atoms with Crippen molar-refractivity contribution in [3.8, 4) is 5.75 Å². The van der Waals surface area contributed by atoms with Crippen LogP contribution >= 0.6 is 0 Å². The topological polar surface area (TPSA) is 50.5 Å². The van der Waals surface area contributed by atoms with E-state index in [1.807, 2.05) is 6.92 Å². The average molecular weight is 295 g/mol. The SMILES string of the molecule is CCCOc1cc(NCCN2CCCCC2)c(N)cc1F. The summed E-state index contributed by atoms with van der Waals surface area (Å²) in [5.74, 6) is -0.131. The first kappa shape index (κ1) is 15.9. The highest BCUT2D eigenvalue weighted by Crippen LogP contribution is 2.28. The molecule has 0 radical (unpaired) electrons. The first-order chi connectivity index (χ1) is 10.2. The Hall–Kier alpha value is -1.49. The Morgan fingerprint density at radius 3 is 2.76 bits per heavy atom. The Bertz CT molecular complexity index is 447. The van der Waals surface area contributed by atoms with Gasteiger partial charge in [-0.15, -0.1) is 0 Å². The standard InChI is InChI=1S/C16H26FN3O/c1-2-10-21-16-12-15(14(18)11-13(16)17)19-6-9-20-7-4-3-5-8-20/h11-12,19H,2-10,18H2,1H3. The van der Waals surface area contributed by atoms with Crippen LogP contribution in [0.2, 0.25) is 0 Å². The monoisotopic (exact) mass is 295 g/mol. The second kappa shape index (κ2) is 8.08. The van der Waals surface area contributed by atoms with Crippen molar-refractivity contribution in [3.05, 3.63) is 17.9 Å². The van der Waals surface area contributed by atoms with Crippen LogP contribution in [-0.4, -0.2) is 37.7 Å². The molecule has 0 aromatic heterocycles. The molecule has 0 atom stereocenters. The third-order valence-electron chi connectivity index (χ3n) is 3.76. The Morgan fingerprint density at radius 1 is 1.29 bits per heavy atom. The van der Waals surface area contributed by atoms with Crippen molar-refractivity contribution >= 4 is 11.4 Å². The van der Waals surface area contributed by atoms with Crippen LogP contribution in [0.1, 0.15) is 32.6 Å². The fraction of sp³-hybridized carbons (Fsp3) is 0.625. The number of ether oxygens (including phenoxy) is 1. The van der Waals surface area contributed by atoms with Gasteiger partial charge in [0.1, 0.15) is 0 Å². The van der Waals surface area contributed by atoms with E-state index >= 15 is 0 Å². The van der Waals surface area contributed by atoms with Crippen LogP contribution in [0.3, 0.4) is 0 Å². The van der Waals surface area contributed by atoms with Gasteiger partial charge >= 0.3 is 0 Å². The Balaban J connectivity index is 1.88. The normalized spacial score (nSPS) is 15.9. The molecule has 1 fully saturated rings. The maximum Gasteiger partial charge on any atom is 0.167 e. The summed E-state index contributed by atoms with van der Waals surface area (Å²) in [7, 11) is 0. The number of halogens is 1. The number of nitrogens with two attached hydrogens (primary N) is 1. The van der Waals surface area contributed by atoms with Crippen molar-refractivity contribution in [2.45, 2.75) is 32.6 Å². The van der Waals surface area contributed by atoms with Gasteiger partial charge in [-0.3, -0.25) is 0 Å². The van der Waals surface area contributed by atoms with Crippen molar-refractivity contribution in [2.24, 2.45) is 0 Å². The summed E-state index contributed by atoms with van der Waals surface area (Å²) in [6, 6.07) is 2.99. The quantitative estimate of drug-likeness (QED) is 0.759. The lowest BCUT2D eigenvalue weighted by Crippen LogP contribution is -2.33. The van der Waals surface area contributed by atoms with E-state index in [0.29, 0.717) is 12.3 Å². The van der Waals surface area contributed by atoms with Gasteiger partial charge in [0.2, 0.25) is 0 Å². The van der Waals surface area contributed by atoms with Crippen molar-refractivity contribution in [2.75, 3.05) is 43.8 Å². The summed E-state index contributed by atoms with van der Waals surface area (Å²) in [5.41, 5.74) is 7.04. The average Bonchev–Trinajstić information content (AvgIpc) is 2.49. The van der Waals surface area contributed by atoms with Crippen LogP contribution in [-0.2, 0) is 0 Å². The fourth-order valence-corrected chi connectivity index (χ4v) is 2.58. The number of hydrogen-bond acceptors (Lipinski definition) is 4. The van der Waals surface area contributed by atoms with Gasteiger partial charge < -0.3 is 20.7 Å². The largest absolute Gasteiger partial charge is 0.490 e. The number of anilines is 2. The maximum absolute atomic E-state index is 13.7. The molecule has 0 spiro atoms. The summed E-state index contributed by atoms with van der Waals surface area (Å²) in [6.45, 7) is 6.64. The molecule has 0 bridgehead atoms. The fourth-order valence-electron chi connectivity index (χ4n) is 2.58. The number of nitrogen functional groups attached to an aromatic ring is 1. The Morgan fingerprint density at radius 2 is 2.05 bits per heavy atom. The lowest BCUT2D eigenvalue weighted by Gasteiger charge is -2.26. The van der Waals surface area contributed by atoms with Crippen LogP contribution in [0.4, 0.5) is 15.8 Å². The molecule has 3 N–H and O–H groups in total.